The first kappa shape index (κ1) is 17.8. The minimum absolute atomic E-state index is 0.00997. The van der Waals surface area contributed by atoms with Crippen LogP contribution in [0, 0.1) is 0 Å². The van der Waals surface area contributed by atoms with Gasteiger partial charge in [-0.2, -0.15) is 0 Å². The lowest BCUT2D eigenvalue weighted by Crippen LogP contribution is -2.52. The van der Waals surface area contributed by atoms with E-state index in [9.17, 15) is 4.79 Å². The average molecular weight is 395 g/mol. The molecule has 2 aliphatic heterocycles. The van der Waals surface area contributed by atoms with Crippen molar-refractivity contribution in [2.75, 3.05) is 37.7 Å². The number of carbonyl (C=O) groups is 1. The molecule has 2 aliphatic rings. The second-order valence-corrected chi connectivity index (χ2v) is 7.05. The van der Waals surface area contributed by atoms with Crippen LogP contribution in [-0.4, -0.2) is 54.9 Å². The number of aromatic nitrogens is 1. The molecular weight excluding hydrogens is 374 g/mol. The topological polar surface area (TPSA) is 81.2 Å². The number of carbonyl (C=O) groups excluding carboxylic acids is 1. The van der Waals surface area contributed by atoms with Gasteiger partial charge in [-0.05, 0) is 24.3 Å². The molecule has 0 unspecified atom stereocenters. The molecule has 1 fully saturated rings. The molecule has 1 amide bonds. The number of rotatable bonds is 4. The van der Waals surface area contributed by atoms with Gasteiger partial charge in [0.15, 0.2) is 11.9 Å². The molecule has 1 atom stereocenters. The van der Waals surface area contributed by atoms with Crippen molar-refractivity contribution >= 4 is 11.6 Å². The molecule has 29 heavy (non-hydrogen) atoms. The molecule has 8 nitrogen and oxygen atoms in total. The highest BCUT2D eigenvalue weighted by Gasteiger charge is 2.34. The fraction of sp³-hybridized carbons (Fsp3) is 0.333. The number of fused-ring (bicyclic) bond motifs is 1. The van der Waals surface area contributed by atoms with Crippen LogP contribution in [0.5, 0.6) is 5.75 Å². The second kappa shape index (κ2) is 7.63. The van der Waals surface area contributed by atoms with Crippen molar-refractivity contribution in [3.05, 3.63) is 54.4 Å². The largest absolute Gasteiger partial charge is 0.477 e. The third-order valence-corrected chi connectivity index (χ3v) is 5.14. The highest BCUT2D eigenvalue weighted by Crippen LogP contribution is 2.35. The van der Waals surface area contributed by atoms with Crippen molar-refractivity contribution in [1.82, 2.24) is 10.1 Å². The SMILES string of the molecule is O=C([C@H]1CN(Cc2cc(-c3ccco3)on2)c2ccccc2O1)N1CCOCC1. The van der Waals surface area contributed by atoms with E-state index in [0.29, 0.717) is 56.7 Å². The van der Waals surface area contributed by atoms with E-state index in [0.717, 1.165) is 11.4 Å². The van der Waals surface area contributed by atoms with Crippen molar-refractivity contribution < 1.29 is 23.2 Å². The normalized spacial score (nSPS) is 19.0. The Morgan fingerprint density at radius 2 is 1.97 bits per heavy atom. The predicted octanol–water partition coefficient (Wildman–Crippen LogP) is 2.56. The van der Waals surface area contributed by atoms with Crippen molar-refractivity contribution in [1.29, 1.82) is 0 Å². The van der Waals surface area contributed by atoms with Crippen LogP contribution in [-0.2, 0) is 16.1 Å². The number of furan rings is 1. The van der Waals surface area contributed by atoms with E-state index in [2.05, 4.69) is 10.1 Å². The first-order chi connectivity index (χ1) is 14.3. The summed E-state index contributed by atoms with van der Waals surface area (Å²) in [7, 11) is 0. The number of benzene rings is 1. The lowest BCUT2D eigenvalue weighted by atomic mass is 10.1. The molecule has 8 heteroatoms. The summed E-state index contributed by atoms with van der Waals surface area (Å²) in [5.41, 5.74) is 1.69. The van der Waals surface area contributed by atoms with Crippen LogP contribution in [0.2, 0.25) is 0 Å². The van der Waals surface area contributed by atoms with E-state index < -0.39 is 6.10 Å². The number of para-hydroxylation sites is 2. The molecule has 0 saturated carbocycles. The molecule has 0 spiro atoms. The summed E-state index contributed by atoms with van der Waals surface area (Å²) in [4.78, 5) is 16.9. The zero-order valence-corrected chi connectivity index (χ0v) is 15.8. The molecule has 0 bridgehead atoms. The molecule has 0 radical (unpaired) electrons. The third-order valence-electron chi connectivity index (χ3n) is 5.14. The molecule has 1 aromatic carbocycles. The number of ether oxygens (including phenoxy) is 2. The second-order valence-electron chi connectivity index (χ2n) is 7.05. The lowest BCUT2D eigenvalue weighted by Gasteiger charge is -2.38. The molecular formula is C21H21N3O5. The Morgan fingerprint density at radius 1 is 1.10 bits per heavy atom. The summed E-state index contributed by atoms with van der Waals surface area (Å²) < 4.78 is 22.2. The number of amides is 1. The molecule has 0 N–H and O–H groups in total. The Bertz CT molecular complexity index is 978. The summed E-state index contributed by atoms with van der Waals surface area (Å²) in [5, 5.41) is 4.17. The highest BCUT2D eigenvalue weighted by atomic mass is 16.5. The number of nitrogens with zero attached hydrogens (tertiary/aromatic N) is 3. The van der Waals surface area contributed by atoms with Crippen LogP contribution in [0.15, 0.2) is 57.7 Å². The van der Waals surface area contributed by atoms with Crippen LogP contribution in [0.1, 0.15) is 5.69 Å². The molecule has 2 aromatic heterocycles. The standard InChI is InChI=1S/C21H21N3O5/c25-21(23-7-10-26-11-8-23)20-14-24(16-4-1-2-5-17(16)28-20)13-15-12-19(29-22-15)18-6-3-9-27-18/h1-6,9,12,20H,7-8,10-11,13-14H2/t20-/m1/s1. The van der Waals surface area contributed by atoms with Crippen LogP contribution >= 0.6 is 0 Å². The predicted molar refractivity (Wildman–Crippen MR) is 104 cm³/mol. The van der Waals surface area contributed by atoms with Gasteiger partial charge in [0.1, 0.15) is 11.4 Å². The Kier molecular flexibility index (Phi) is 4.69. The summed E-state index contributed by atoms with van der Waals surface area (Å²) in [6.07, 6.45) is 1.02. The van der Waals surface area contributed by atoms with Crippen molar-refractivity contribution in [2.24, 2.45) is 0 Å². The minimum atomic E-state index is -0.570. The molecule has 150 valence electrons. The fourth-order valence-corrected chi connectivity index (χ4v) is 3.69. The summed E-state index contributed by atoms with van der Waals surface area (Å²) in [5.74, 6) is 1.89. The zero-order valence-electron chi connectivity index (χ0n) is 15.8. The van der Waals surface area contributed by atoms with Gasteiger partial charge in [0.25, 0.3) is 5.91 Å². The van der Waals surface area contributed by atoms with E-state index in [4.69, 9.17) is 18.4 Å². The Hall–Kier alpha value is -3.26. The van der Waals surface area contributed by atoms with Crippen LogP contribution in [0.4, 0.5) is 5.69 Å². The van der Waals surface area contributed by atoms with Gasteiger partial charge in [0.2, 0.25) is 5.76 Å². The Labute approximate surface area is 167 Å². The molecule has 4 heterocycles. The number of anilines is 1. The first-order valence-corrected chi connectivity index (χ1v) is 9.64. The van der Waals surface area contributed by atoms with Gasteiger partial charge < -0.3 is 28.2 Å². The Balaban J connectivity index is 1.37. The Morgan fingerprint density at radius 3 is 2.79 bits per heavy atom. The van der Waals surface area contributed by atoms with Gasteiger partial charge >= 0.3 is 0 Å². The number of hydrogen-bond donors (Lipinski definition) is 0. The lowest BCUT2D eigenvalue weighted by molar-refractivity contribution is -0.142. The summed E-state index contributed by atoms with van der Waals surface area (Å²) in [6.45, 7) is 3.25. The maximum absolute atomic E-state index is 13.0. The van der Waals surface area contributed by atoms with E-state index in [1.165, 1.54) is 0 Å². The average Bonchev–Trinajstić information content (AvgIpc) is 3.46. The molecule has 5 rings (SSSR count). The van der Waals surface area contributed by atoms with E-state index >= 15 is 0 Å². The van der Waals surface area contributed by atoms with Gasteiger partial charge in [-0.25, -0.2) is 0 Å². The van der Waals surface area contributed by atoms with Gasteiger partial charge in [-0.3, -0.25) is 4.79 Å². The number of hydrogen-bond acceptors (Lipinski definition) is 7. The van der Waals surface area contributed by atoms with Crippen molar-refractivity contribution in [3.8, 4) is 17.3 Å². The third kappa shape index (κ3) is 3.58. The maximum Gasteiger partial charge on any atom is 0.265 e. The minimum Gasteiger partial charge on any atom is -0.477 e. The number of morpholine rings is 1. The molecule has 0 aliphatic carbocycles. The highest BCUT2D eigenvalue weighted by molar-refractivity contribution is 5.83. The molecule has 3 aromatic rings. The molecule has 1 saturated heterocycles. The quantitative estimate of drug-likeness (QED) is 0.672. The van der Waals surface area contributed by atoms with Crippen molar-refractivity contribution in [3.63, 3.8) is 0 Å². The summed E-state index contributed by atoms with van der Waals surface area (Å²) >= 11 is 0. The van der Waals surface area contributed by atoms with Gasteiger partial charge in [-0.15, -0.1) is 0 Å². The van der Waals surface area contributed by atoms with Crippen LogP contribution < -0.4 is 9.64 Å². The van der Waals surface area contributed by atoms with E-state index in [1.807, 2.05) is 41.3 Å². The smallest absolute Gasteiger partial charge is 0.265 e. The van der Waals surface area contributed by atoms with E-state index in [-0.39, 0.29) is 5.91 Å². The fourth-order valence-electron chi connectivity index (χ4n) is 3.69. The van der Waals surface area contributed by atoms with Gasteiger partial charge in [0, 0.05) is 19.2 Å². The zero-order chi connectivity index (χ0) is 19.6. The monoisotopic (exact) mass is 395 g/mol. The summed E-state index contributed by atoms with van der Waals surface area (Å²) in [6, 6.07) is 13.2. The van der Waals surface area contributed by atoms with Gasteiger partial charge in [0.05, 0.1) is 38.3 Å². The van der Waals surface area contributed by atoms with Crippen LogP contribution in [0.25, 0.3) is 11.5 Å². The van der Waals surface area contributed by atoms with Crippen LogP contribution in [0.3, 0.4) is 0 Å². The van der Waals surface area contributed by atoms with Crippen molar-refractivity contribution in [2.45, 2.75) is 12.6 Å². The maximum atomic E-state index is 13.0. The first-order valence-electron chi connectivity index (χ1n) is 9.64. The van der Waals surface area contributed by atoms with E-state index in [1.54, 1.807) is 12.3 Å². The van der Waals surface area contributed by atoms with Gasteiger partial charge in [-0.1, -0.05) is 17.3 Å².